The fourth-order valence-electron chi connectivity index (χ4n) is 4.50. The number of aryl methyl sites for hydroxylation is 3. The van der Waals surface area contributed by atoms with E-state index in [0.717, 1.165) is 45.9 Å². The minimum atomic E-state index is -0.384. The minimum absolute atomic E-state index is 0.0473. The van der Waals surface area contributed by atoms with E-state index in [2.05, 4.69) is 5.32 Å². The van der Waals surface area contributed by atoms with Crippen LogP contribution in [0.4, 0.5) is 0 Å². The van der Waals surface area contributed by atoms with Crippen molar-refractivity contribution in [1.29, 1.82) is 0 Å². The lowest BCUT2D eigenvalue weighted by molar-refractivity contribution is -0.124. The molecule has 1 aliphatic rings. The average Bonchev–Trinajstić information content (AvgIpc) is 3.03. The summed E-state index contributed by atoms with van der Waals surface area (Å²) in [5.41, 5.74) is 3.98. The summed E-state index contributed by atoms with van der Waals surface area (Å²) in [5.74, 6) is -0.0473. The second-order valence-corrected chi connectivity index (χ2v) is 9.03. The van der Waals surface area contributed by atoms with Crippen LogP contribution in [0, 0.1) is 20.8 Å². The lowest BCUT2D eigenvalue weighted by Crippen LogP contribution is -2.45. The van der Waals surface area contributed by atoms with Crippen LogP contribution in [-0.4, -0.2) is 24.2 Å². The summed E-state index contributed by atoms with van der Waals surface area (Å²) in [5, 5.41) is 5.00. The van der Waals surface area contributed by atoms with Gasteiger partial charge in [-0.25, -0.2) is 4.79 Å². The van der Waals surface area contributed by atoms with Gasteiger partial charge in [0.2, 0.25) is 5.91 Å². The van der Waals surface area contributed by atoms with Gasteiger partial charge in [0, 0.05) is 41.0 Å². The molecule has 0 spiro atoms. The zero-order valence-corrected chi connectivity index (χ0v) is 18.3. The van der Waals surface area contributed by atoms with Crippen LogP contribution in [-0.2, 0) is 16.0 Å². The topological polar surface area (TPSA) is 81.7 Å². The Labute approximate surface area is 175 Å². The molecule has 1 aliphatic heterocycles. The number of benzene rings is 1. The van der Waals surface area contributed by atoms with Gasteiger partial charge >= 0.3 is 5.63 Å². The third-order valence-electron chi connectivity index (χ3n) is 6.20. The van der Waals surface area contributed by atoms with Crippen LogP contribution in [0.15, 0.2) is 26.0 Å². The van der Waals surface area contributed by atoms with Crippen LogP contribution in [0.2, 0.25) is 0 Å². The highest BCUT2D eigenvalue weighted by atomic mass is 16.5. The summed E-state index contributed by atoms with van der Waals surface area (Å²) < 4.78 is 17.0. The van der Waals surface area contributed by atoms with E-state index in [0.29, 0.717) is 24.2 Å². The highest BCUT2D eigenvalue weighted by molar-refractivity contribution is 5.99. The third kappa shape index (κ3) is 3.76. The molecule has 1 saturated heterocycles. The zero-order valence-electron chi connectivity index (χ0n) is 18.3. The van der Waals surface area contributed by atoms with Crippen LogP contribution in [0.1, 0.15) is 55.4 Å². The van der Waals surface area contributed by atoms with Crippen molar-refractivity contribution in [3.05, 3.63) is 45.0 Å². The predicted molar refractivity (Wildman–Crippen MR) is 116 cm³/mol. The summed E-state index contributed by atoms with van der Waals surface area (Å²) in [4.78, 5) is 25.2. The number of hydrogen-bond donors (Lipinski definition) is 1. The summed E-state index contributed by atoms with van der Waals surface area (Å²) in [6, 6.07) is 2.12. The first-order valence-corrected chi connectivity index (χ1v) is 10.5. The Kier molecular flexibility index (Phi) is 5.22. The van der Waals surface area contributed by atoms with E-state index in [1.54, 1.807) is 6.26 Å². The number of rotatable bonds is 4. The molecule has 0 saturated carbocycles. The largest absolute Gasteiger partial charge is 0.464 e. The molecule has 1 aromatic carbocycles. The molecule has 30 heavy (non-hydrogen) atoms. The first-order chi connectivity index (χ1) is 14.2. The molecule has 0 aliphatic carbocycles. The average molecular weight is 411 g/mol. The number of fused-ring (bicyclic) bond motifs is 2. The van der Waals surface area contributed by atoms with Crippen molar-refractivity contribution in [1.82, 2.24) is 5.32 Å². The first kappa shape index (κ1) is 20.7. The number of nitrogens with one attached hydrogen (secondary N) is 1. The lowest BCUT2D eigenvalue weighted by atomic mass is 9.93. The lowest BCUT2D eigenvalue weighted by Gasteiger charge is -2.35. The Morgan fingerprint density at radius 1 is 1.17 bits per heavy atom. The normalized spacial score (nSPS) is 18.8. The number of carbonyl (C=O) groups is 1. The maximum absolute atomic E-state index is 12.7. The minimum Gasteiger partial charge on any atom is -0.464 e. The SMILES string of the molecule is Cc1coc2c(C)c3oc(=O)c(CCC(=O)NC4CCOC(C)(C)C4)c(C)c3cc12. The van der Waals surface area contributed by atoms with E-state index in [9.17, 15) is 9.59 Å². The number of carbonyl (C=O) groups excluding carboxylic acids is 1. The molecule has 3 aromatic rings. The van der Waals surface area contributed by atoms with Gasteiger partial charge in [0.05, 0.1) is 11.9 Å². The smallest absolute Gasteiger partial charge is 0.339 e. The molecule has 6 nitrogen and oxygen atoms in total. The molecule has 6 heteroatoms. The molecular weight excluding hydrogens is 382 g/mol. The molecule has 0 radical (unpaired) electrons. The predicted octanol–water partition coefficient (Wildman–Crippen LogP) is 4.47. The molecule has 160 valence electrons. The molecule has 0 bridgehead atoms. The summed E-state index contributed by atoms with van der Waals surface area (Å²) in [7, 11) is 0. The molecule has 1 fully saturated rings. The van der Waals surface area contributed by atoms with Gasteiger partial charge < -0.3 is 18.9 Å². The van der Waals surface area contributed by atoms with Gasteiger partial charge in [-0.3, -0.25) is 4.79 Å². The maximum atomic E-state index is 12.7. The quantitative estimate of drug-likeness (QED) is 0.641. The maximum Gasteiger partial charge on any atom is 0.339 e. The monoisotopic (exact) mass is 411 g/mol. The van der Waals surface area contributed by atoms with Crippen LogP contribution in [0.3, 0.4) is 0 Å². The van der Waals surface area contributed by atoms with Gasteiger partial charge in [-0.15, -0.1) is 0 Å². The molecule has 3 heterocycles. The van der Waals surface area contributed by atoms with Gasteiger partial charge in [0.15, 0.2) is 0 Å². The van der Waals surface area contributed by atoms with Gasteiger partial charge in [0.1, 0.15) is 11.2 Å². The van der Waals surface area contributed by atoms with Crippen molar-refractivity contribution in [3.63, 3.8) is 0 Å². The van der Waals surface area contributed by atoms with E-state index in [1.807, 2.05) is 40.7 Å². The highest BCUT2D eigenvalue weighted by Gasteiger charge is 2.29. The molecule has 1 amide bonds. The Morgan fingerprint density at radius 2 is 1.93 bits per heavy atom. The van der Waals surface area contributed by atoms with Crippen molar-refractivity contribution in [2.45, 2.75) is 71.9 Å². The third-order valence-corrected chi connectivity index (χ3v) is 6.20. The molecular formula is C24H29NO5. The van der Waals surface area contributed by atoms with Crippen molar-refractivity contribution < 1.29 is 18.4 Å². The van der Waals surface area contributed by atoms with Crippen LogP contribution >= 0.6 is 0 Å². The van der Waals surface area contributed by atoms with E-state index >= 15 is 0 Å². The van der Waals surface area contributed by atoms with Gasteiger partial charge in [0.25, 0.3) is 0 Å². The van der Waals surface area contributed by atoms with Crippen molar-refractivity contribution in [2.75, 3.05) is 6.61 Å². The second-order valence-electron chi connectivity index (χ2n) is 9.03. The van der Waals surface area contributed by atoms with Gasteiger partial charge in [-0.05, 0) is 71.1 Å². The van der Waals surface area contributed by atoms with Crippen LogP contribution in [0.5, 0.6) is 0 Å². The van der Waals surface area contributed by atoms with Crippen LogP contribution in [0.25, 0.3) is 21.9 Å². The van der Waals surface area contributed by atoms with Gasteiger partial charge in [-0.2, -0.15) is 0 Å². The van der Waals surface area contributed by atoms with E-state index < -0.39 is 0 Å². The molecule has 2 aromatic heterocycles. The fourth-order valence-corrected chi connectivity index (χ4v) is 4.50. The Bertz CT molecular complexity index is 1180. The number of ether oxygens (including phenoxy) is 1. The number of amides is 1. The van der Waals surface area contributed by atoms with E-state index in [4.69, 9.17) is 13.6 Å². The van der Waals surface area contributed by atoms with E-state index in [1.165, 1.54) is 0 Å². The number of hydrogen-bond acceptors (Lipinski definition) is 5. The zero-order chi connectivity index (χ0) is 21.6. The Morgan fingerprint density at radius 3 is 2.67 bits per heavy atom. The van der Waals surface area contributed by atoms with Crippen LogP contribution < -0.4 is 10.9 Å². The van der Waals surface area contributed by atoms with E-state index in [-0.39, 0.29) is 29.6 Å². The Balaban J connectivity index is 1.57. The van der Waals surface area contributed by atoms with Crippen molar-refractivity contribution in [2.24, 2.45) is 0 Å². The molecule has 1 N–H and O–H groups in total. The van der Waals surface area contributed by atoms with Gasteiger partial charge in [-0.1, -0.05) is 0 Å². The molecule has 1 atom stereocenters. The van der Waals surface area contributed by atoms with Crippen molar-refractivity contribution in [3.8, 4) is 0 Å². The summed E-state index contributed by atoms with van der Waals surface area (Å²) >= 11 is 0. The molecule has 4 rings (SSSR count). The second kappa shape index (κ2) is 7.58. The summed E-state index contributed by atoms with van der Waals surface area (Å²) in [6.07, 6.45) is 3.92. The standard InChI is InChI=1S/C24H29NO5/c1-13-12-28-21-15(3)22-19(10-18(13)21)14(2)17(23(27)30-22)6-7-20(26)25-16-8-9-29-24(4,5)11-16/h10,12,16H,6-9,11H2,1-5H3,(H,25,26). The van der Waals surface area contributed by atoms with Crippen molar-refractivity contribution >= 4 is 27.8 Å². The first-order valence-electron chi connectivity index (χ1n) is 10.5. The summed E-state index contributed by atoms with van der Waals surface area (Å²) in [6.45, 7) is 10.5. The highest BCUT2D eigenvalue weighted by Crippen LogP contribution is 2.32. The number of furan rings is 1. The Hall–Kier alpha value is -2.60. The fraction of sp³-hybridized carbons (Fsp3) is 0.500. The molecule has 1 unspecified atom stereocenters.